The van der Waals surface area contributed by atoms with Crippen LogP contribution in [0.5, 0.6) is 0 Å². The number of allylic oxidation sites excluding steroid dienone is 1. The van der Waals surface area contributed by atoms with E-state index in [2.05, 4.69) is 32.3 Å². The van der Waals surface area contributed by atoms with Gasteiger partial charge in [0.2, 0.25) is 16.9 Å². The Morgan fingerprint density at radius 3 is 2.79 bits per heavy atom. The zero-order valence-corrected chi connectivity index (χ0v) is 16.8. The molecule has 0 fully saturated rings. The van der Waals surface area contributed by atoms with Gasteiger partial charge in [-0.15, -0.1) is 27.0 Å². The van der Waals surface area contributed by atoms with Gasteiger partial charge in [-0.25, -0.2) is 0 Å². The van der Waals surface area contributed by atoms with E-state index in [-0.39, 0.29) is 11.7 Å². The Balaban J connectivity index is 1.40. The van der Waals surface area contributed by atoms with Crippen molar-refractivity contribution >= 4 is 34.1 Å². The second-order valence-electron chi connectivity index (χ2n) is 5.80. The van der Waals surface area contributed by atoms with Crippen LogP contribution >= 0.6 is 23.1 Å². The molecule has 0 atom stereocenters. The van der Waals surface area contributed by atoms with Gasteiger partial charge in [0, 0.05) is 12.1 Å². The minimum absolute atomic E-state index is 0.160. The van der Waals surface area contributed by atoms with Crippen LogP contribution in [0.15, 0.2) is 71.0 Å². The largest absolute Gasteiger partial charge is 0.461 e. The number of hydrogen-bond donors (Lipinski definition) is 1. The number of carbonyl (C=O) groups excluding carboxylic acids is 1. The van der Waals surface area contributed by atoms with Gasteiger partial charge >= 0.3 is 0 Å². The molecular weight excluding hydrogens is 408 g/mol. The average Bonchev–Trinajstić information content (AvgIpc) is 3.49. The summed E-state index contributed by atoms with van der Waals surface area (Å²) in [6.07, 6.45) is 3.32. The third-order valence-corrected chi connectivity index (χ3v) is 5.65. The highest BCUT2D eigenvalue weighted by Gasteiger charge is 2.17. The van der Waals surface area contributed by atoms with Crippen LogP contribution in [0.4, 0.5) is 5.13 Å². The molecule has 29 heavy (non-hydrogen) atoms. The highest BCUT2D eigenvalue weighted by Crippen LogP contribution is 2.27. The highest BCUT2D eigenvalue weighted by molar-refractivity contribution is 7.99. The Labute approximate surface area is 174 Å². The first-order valence-corrected chi connectivity index (χ1v) is 10.4. The van der Waals surface area contributed by atoms with Crippen LogP contribution in [0, 0.1) is 0 Å². The molecule has 3 heterocycles. The zero-order valence-electron chi connectivity index (χ0n) is 15.2. The first kappa shape index (κ1) is 19.1. The topological polar surface area (TPSA) is 98.7 Å². The van der Waals surface area contributed by atoms with Crippen molar-refractivity contribution in [1.82, 2.24) is 25.0 Å². The van der Waals surface area contributed by atoms with Crippen molar-refractivity contribution in [1.29, 1.82) is 0 Å². The molecule has 4 rings (SSSR count). The van der Waals surface area contributed by atoms with Crippen molar-refractivity contribution in [3.8, 4) is 22.2 Å². The summed E-state index contributed by atoms with van der Waals surface area (Å²) < 4.78 is 7.25. The molecule has 0 aliphatic heterocycles. The maximum Gasteiger partial charge on any atom is 0.236 e. The quantitative estimate of drug-likeness (QED) is 0.337. The minimum Gasteiger partial charge on any atom is -0.461 e. The summed E-state index contributed by atoms with van der Waals surface area (Å²) in [7, 11) is 0. The van der Waals surface area contributed by atoms with E-state index in [0.29, 0.717) is 28.4 Å². The van der Waals surface area contributed by atoms with Crippen molar-refractivity contribution in [3.63, 3.8) is 0 Å². The molecule has 8 nitrogen and oxygen atoms in total. The summed E-state index contributed by atoms with van der Waals surface area (Å²) >= 11 is 2.61. The van der Waals surface area contributed by atoms with E-state index >= 15 is 0 Å². The summed E-state index contributed by atoms with van der Waals surface area (Å²) in [5.41, 5.74) is 0.961. The van der Waals surface area contributed by atoms with Gasteiger partial charge in [0.25, 0.3) is 0 Å². The van der Waals surface area contributed by atoms with Gasteiger partial charge in [-0.3, -0.25) is 14.7 Å². The van der Waals surface area contributed by atoms with Crippen molar-refractivity contribution in [2.75, 3.05) is 11.1 Å². The van der Waals surface area contributed by atoms with E-state index < -0.39 is 0 Å². The van der Waals surface area contributed by atoms with Gasteiger partial charge in [-0.05, 0) is 12.1 Å². The summed E-state index contributed by atoms with van der Waals surface area (Å²) in [5.74, 6) is 1.17. The molecule has 0 saturated carbocycles. The molecule has 0 unspecified atom stereocenters. The number of nitrogens with zero attached hydrogens (tertiary/aromatic N) is 5. The van der Waals surface area contributed by atoms with Crippen LogP contribution in [0.2, 0.25) is 0 Å². The molecule has 0 saturated heterocycles. The smallest absolute Gasteiger partial charge is 0.236 e. The van der Waals surface area contributed by atoms with Gasteiger partial charge in [0.1, 0.15) is 5.01 Å². The molecule has 0 radical (unpaired) electrons. The third kappa shape index (κ3) is 4.44. The van der Waals surface area contributed by atoms with Crippen molar-refractivity contribution in [3.05, 3.63) is 61.4 Å². The number of anilines is 1. The molecule has 0 aliphatic carbocycles. The number of aromatic nitrogens is 5. The van der Waals surface area contributed by atoms with Crippen molar-refractivity contribution < 1.29 is 9.21 Å². The monoisotopic (exact) mass is 424 g/mol. The lowest BCUT2D eigenvalue weighted by molar-refractivity contribution is -0.113. The first-order valence-electron chi connectivity index (χ1n) is 8.64. The van der Waals surface area contributed by atoms with Gasteiger partial charge in [-0.1, -0.05) is 59.5 Å². The number of nitrogens with one attached hydrogen (secondary N) is 1. The lowest BCUT2D eigenvalue weighted by Crippen LogP contribution is -2.14. The fourth-order valence-electron chi connectivity index (χ4n) is 2.53. The van der Waals surface area contributed by atoms with Crippen LogP contribution in [0.1, 0.15) is 0 Å². The molecular formula is C19H16N6O2S2. The van der Waals surface area contributed by atoms with E-state index in [4.69, 9.17) is 4.42 Å². The Morgan fingerprint density at radius 1 is 1.17 bits per heavy atom. The maximum absolute atomic E-state index is 12.3. The Bertz CT molecular complexity index is 1110. The fourth-order valence-corrected chi connectivity index (χ4v) is 4.05. The molecule has 3 aromatic heterocycles. The summed E-state index contributed by atoms with van der Waals surface area (Å²) in [6, 6.07) is 13.3. The van der Waals surface area contributed by atoms with Crippen molar-refractivity contribution in [2.24, 2.45) is 0 Å². The number of carbonyl (C=O) groups is 1. The molecule has 1 N–H and O–H groups in total. The molecule has 4 aromatic rings. The SMILES string of the molecule is C=CCn1c(SCC(=O)Nc2nnc(-c3ccccc3)s2)nnc1-c1ccco1. The Hall–Kier alpha value is -3.24. The normalized spacial score (nSPS) is 10.8. The number of amides is 1. The van der Waals surface area contributed by atoms with Crippen LogP contribution in [0.25, 0.3) is 22.2 Å². The first-order chi connectivity index (χ1) is 14.2. The van der Waals surface area contributed by atoms with Crippen LogP contribution < -0.4 is 5.32 Å². The standard InChI is InChI=1S/C19H16N6O2S2/c1-2-10-25-16(14-9-6-11-27-14)21-24-19(25)28-12-15(26)20-18-23-22-17(29-18)13-7-4-3-5-8-13/h2-9,11H,1,10,12H2,(H,20,23,26). The van der Waals surface area contributed by atoms with E-state index in [1.165, 1.54) is 23.1 Å². The predicted octanol–water partition coefficient (Wildman–Crippen LogP) is 3.97. The number of benzene rings is 1. The third-order valence-electron chi connectivity index (χ3n) is 3.79. The Kier molecular flexibility index (Phi) is 5.82. The maximum atomic E-state index is 12.3. The van der Waals surface area contributed by atoms with E-state index in [9.17, 15) is 4.79 Å². The number of rotatable bonds is 8. The number of furan rings is 1. The van der Waals surface area contributed by atoms with E-state index in [1.54, 1.807) is 18.4 Å². The molecule has 0 spiro atoms. The average molecular weight is 425 g/mol. The molecule has 1 aromatic carbocycles. The van der Waals surface area contributed by atoms with E-state index in [0.717, 1.165) is 10.6 Å². The molecule has 0 aliphatic rings. The molecule has 1 amide bonds. The number of thioether (sulfide) groups is 1. The highest BCUT2D eigenvalue weighted by atomic mass is 32.2. The van der Waals surface area contributed by atoms with E-state index in [1.807, 2.05) is 41.0 Å². The van der Waals surface area contributed by atoms with Gasteiger partial charge < -0.3 is 4.42 Å². The van der Waals surface area contributed by atoms with Crippen molar-refractivity contribution in [2.45, 2.75) is 11.7 Å². The molecule has 0 bridgehead atoms. The predicted molar refractivity (Wildman–Crippen MR) is 113 cm³/mol. The van der Waals surface area contributed by atoms with Gasteiger partial charge in [0.05, 0.1) is 12.0 Å². The lowest BCUT2D eigenvalue weighted by atomic mass is 10.2. The summed E-state index contributed by atoms with van der Waals surface area (Å²) in [6.45, 7) is 4.27. The van der Waals surface area contributed by atoms with Crippen LogP contribution in [-0.4, -0.2) is 36.6 Å². The van der Waals surface area contributed by atoms with Gasteiger partial charge in [0.15, 0.2) is 10.9 Å². The van der Waals surface area contributed by atoms with Gasteiger partial charge in [-0.2, -0.15) is 0 Å². The van der Waals surface area contributed by atoms with Crippen LogP contribution in [0.3, 0.4) is 0 Å². The summed E-state index contributed by atoms with van der Waals surface area (Å²) in [5, 5.41) is 21.1. The lowest BCUT2D eigenvalue weighted by Gasteiger charge is -2.06. The second kappa shape index (κ2) is 8.84. The second-order valence-corrected chi connectivity index (χ2v) is 7.72. The summed E-state index contributed by atoms with van der Waals surface area (Å²) in [4.78, 5) is 12.3. The number of hydrogen-bond acceptors (Lipinski definition) is 8. The molecule has 10 heteroatoms. The molecule has 146 valence electrons. The van der Waals surface area contributed by atoms with Crippen LogP contribution in [-0.2, 0) is 11.3 Å². The fraction of sp³-hybridized carbons (Fsp3) is 0.105. The zero-order chi connectivity index (χ0) is 20.1. The minimum atomic E-state index is -0.196. The Morgan fingerprint density at radius 2 is 2.03 bits per heavy atom.